The number of benzene rings is 1. The van der Waals surface area contributed by atoms with E-state index < -0.39 is 0 Å². The van der Waals surface area contributed by atoms with Gasteiger partial charge in [-0.2, -0.15) is 5.10 Å². The second-order valence-corrected chi connectivity index (χ2v) is 6.74. The molecule has 1 aliphatic rings. The fourth-order valence-electron chi connectivity index (χ4n) is 3.81. The lowest BCUT2D eigenvalue weighted by Crippen LogP contribution is -2.28. The highest BCUT2D eigenvalue weighted by Crippen LogP contribution is 2.31. The predicted octanol–water partition coefficient (Wildman–Crippen LogP) is 4.09. The lowest BCUT2D eigenvalue weighted by atomic mass is 10.0. The molecule has 0 spiro atoms. The van der Waals surface area contributed by atoms with Gasteiger partial charge in [0, 0.05) is 31.4 Å². The summed E-state index contributed by atoms with van der Waals surface area (Å²) >= 11 is 0. The Balaban J connectivity index is 1.66. The zero-order valence-corrected chi connectivity index (χ0v) is 14.2. The van der Waals surface area contributed by atoms with Crippen molar-refractivity contribution in [3.05, 3.63) is 60.0 Å². The van der Waals surface area contributed by atoms with E-state index in [1.807, 2.05) is 17.9 Å². The molecule has 1 saturated heterocycles. The van der Waals surface area contributed by atoms with Gasteiger partial charge in [-0.3, -0.25) is 14.6 Å². The fraction of sp³-hybridized carbons (Fsp3) is 0.400. The first-order chi connectivity index (χ1) is 11.8. The van der Waals surface area contributed by atoms with Gasteiger partial charge in [0.25, 0.3) is 0 Å². The minimum absolute atomic E-state index is 0.417. The molecule has 3 heterocycles. The topological polar surface area (TPSA) is 34.0 Å². The zero-order valence-electron chi connectivity index (χ0n) is 14.2. The van der Waals surface area contributed by atoms with Gasteiger partial charge >= 0.3 is 0 Å². The van der Waals surface area contributed by atoms with Crippen molar-refractivity contribution in [3.63, 3.8) is 0 Å². The van der Waals surface area contributed by atoms with E-state index in [0.717, 1.165) is 18.6 Å². The summed E-state index contributed by atoms with van der Waals surface area (Å²) < 4.78 is 1.92. The van der Waals surface area contributed by atoms with E-state index in [0.29, 0.717) is 6.04 Å². The highest BCUT2D eigenvalue weighted by Gasteiger charge is 2.25. The number of pyridine rings is 1. The Morgan fingerprint density at radius 2 is 2.00 bits per heavy atom. The van der Waals surface area contributed by atoms with Gasteiger partial charge in [-0.25, -0.2) is 0 Å². The van der Waals surface area contributed by atoms with E-state index in [-0.39, 0.29) is 0 Å². The Morgan fingerprint density at radius 3 is 2.88 bits per heavy atom. The number of aromatic nitrogens is 3. The number of likely N-dealkylation sites (tertiary alicyclic amines) is 1. The molecule has 24 heavy (non-hydrogen) atoms. The number of nitrogens with zero attached hydrogens (tertiary/aromatic N) is 4. The van der Waals surface area contributed by atoms with Crippen LogP contribution >= 0.6 is 0 Å². The first-order valence-corrected chi connectivity index (χ1v) is 8.87. The van der Waals surface area contributed by atoms with Crippen molar-refractivity contribution in [1.29, 1.82) is 0 Å². The SMILES string of the molecule is Cn1ccc(C2CCCCCN2Cc2ccnc3ccccc23)n1. The molecule has 0 radical (unpaired) electrons. The summed E-state index contributed by atoms with van der Waals surface area (Å²) in [6.45, 7) is 2.10. The minimum Gasteiger partial charge on any atom is -0.290 e. The molecule has 1 unspecified atom stereocenters. The monoisotopic (exact) mass is 320 g/mol. The molecule has 1 atom stereocenters. The molecule has 1 aromatic carbocycles. The number of hydrogen-bond donors (Lipinski definition) is 0. The van der Waals surface area contributed by atoms with E-state index in [4.69, 9.17) is 5.10 Å². The summed E-state index contributed by atoms with van der Waals surface area (Å²) in [4.78, 5) is 7.11. The third-order valence-corrected chi connectivity index (χ3v) is 5.05. The Labute approximate surface area is 143 Å². The Kier molecular flexibility index (Phi) is 4.30. The number of aryl methyl sites for hydroxylation is 1. The van der Waals surface area contributed by atoms with Crippen LogP contribution in [0.5, 0.6) is 0 Å². The third kappa shape index (κ3) is 3.06. The molecule has 124 valence electrons. The maximum atomic E-state index is 4.69. The second kappa shape index (κ2) is 6.73. The van der Waals surface area contributed by atoms with E-state index in [9.17, 15) is 0 Å². The van der Waals surface area contributed by atoms with Crippen LogP contribution in [0.3, 0.4) is 0 Å². The van der Waals surface area contributed by atoms with Gasteiger partial charge in [0.1, 0.15) is 0 Å². The first-order valence-electron chi connectivity index (χ1n) is 8.87. The van der Waals surface area contributed by atoms with Gasteiger partial charge in [0.15, 0.2) is 0 Å². The second-order valence-electron chi connectivity index (χ2n) is 6.74. The molecule has 0 bridgehead atoms. The van der Waals surface area contributed by atoms with Crippen LogP contribution in [0.1, 0.15) is 43.0 Å². The molecule has 4 heteroatoms. The molecule has 2 aromatic heterocycles. The van der Waals surface area contributed by atoms with Crippen LogP contribution in [-0.4, -0.2) is 26.2 Å². The quantitative estimate of drug-likeness (QED) is 0.729. The van der Waals surface area contributed by atoms with Gasteiger partial charge in [-0.1, -0.05) is 31.0 Å². The molecule has 0 aliphatic carbocycles. The number of rotatable bonds is 3. The summed E-state index contributed by atoms with van der Waals surface area (Å²) in [7, 11) is 2.00. The summed E-state index contributed by atoms with van der Waals surface area (Å²) in [5.41, 5.74) is 3.65. The Morgan fingerprint density at radius 1 is 1.08 bits per heavy atom. The van der Waals surface area contributed by atoms with Crippen LogP contribution in [0, 0.1) is 0 Å². The third-order valence-electron chi connectivity index (χ3n) is 5.05. The molecule has 0 N–H and O–H groups in total. The maximum absolute atomic E-state index is 4.69. The van der Waals surface area contributed by atoms with E-state index in [2.05, 4.69) is 52.5 Å². The summed E-state index contributed by atoms with van der Waals surface area (Å²) in [6, 6.07) is 13.2. The van der Waals surface area contributed by atoms with Gasteiger partial charge in [0.2, 0.25) is 0 Å². The average molecular weight is 320 g/mol. The highest BCUT2D eigenvalue weighted by molar-refractivity contribution is 5.81. The van der Waals surface area contributed by atoms with Crippen LogP contribution in [0.4, 0.5) is 0 Å². The fourth-order valence-corrected chi connectivity index (χ4v) is 3.81. The first kappa shape index (κ1) is 15.3. The van der Waals surface area contributed by atoms with Gasteiger partial charge in [-0.15, -0.1) is 0 Å². The molecule has 0 saturated carbocycles. The Hall–Kier alpha value is -2.20. The number of fused-ring (bicyclic) bond motifs is 1. The van der Waals surface area contributed by atoms with Crippen LogP contribution in [0.2, 0.25) is 0 Å². The van der Waals surface area contributed by atoms with Crippen molar-refractivity contribution in [2.45, 2.75) is 38.3 Å². The smallest absolute Gasteiger partial charge is 0.0796 e. The molecular formula is C20H24N4. The van der Waals surface area contributed by atoms with E-state index in [1.165, 1.54) is 42.3 Å². The predicted molar refractivity (Wildman–Crippen MR) is 96.6 cm³/mol. The largest absolute Gasteiger partial charge is 0.290 e. The van der Waals surface area contributed by atoms with Crippen molar-refractivity contribution < 1.29 is 0 Å². The molecular weight excluding hydrogens is 296 g/mol. The van der Waals surface area contributed by atoms with Crippen LogP contribution in [-0.2, 0) is 13.6 Å². The lowest BCUT2D eigenvalue weighted by molar-refractivity contribution is 0.188. The molecule has 3 aromatic rings. The summed E-state index contributed by atoms with van der Waals surface area (Å²) in [5.74, 6) is 0. The maximum Gasteiger partial charge on any atom is 0.0796 e. The van der Waals surface area contributed by atoms with Gasteiger partial charge < -0.3 is 0 Å². The number of hydrogen-bond acceptors (Lipinski definition) is 3. The van der Waals surface area contributed by atoms with Gasteiger partial charge in [0.05, 0.1) is 17.3 Å². The summed E-state index contributed by atoms with van der Waals surface area (Å²) in [6.07, 6.45) is 9.06. The highest BCUT2D eigenvalue weighted by atomic mass is 15.3. The van der Waals surface area contributed by atoms with Crippen LogP contribution in [0.25, 0.3) is 10.9 Å². The lowest BCUT2D eigenvalue weighted by Gasteiger charge is -2.29. The van der Waals surface area contributed by atoms with E-state index in [1.54, 1.807) is 0 Å². The summed E-state index contributed by atoms with van der Waals surface area (Å²) in [5, 5.41) is 5.96. The van der Waals surface area contributed by atoms with Crippen molar-refractivity contribution in [3.8, 4) is 0 Å². The van der Waals surface area contributed by atoms with Crippen molar-refractivity contribution >= 4 is 10.9 Å². The van der Waals surface area contributed by atoms with Gasteiger partial charge in [-0.05, 0) is 43.1 Å². The van der Waals surface area contributed by atoms with Crippen molar-refractivity contribution in [2.24, 2.45) is 7.05 Å². The molecule has 4 rings (SSSR count). The van der Waals surface area contributed by atoms with Crippen LogP contribution in [0.15, 0.2) is 48.8 Å². The molecule has 1 fully saturated rings. The number of para-hydroxylation sites is 1. The van der Waals surface area contributed by atoms with Crippen molar-refractivity contribution in [2.75, 3.05) is 6.54 Å². The van der Waals surface area contributed by atoms with E-state index >= 15 is 0 Å². The minimum atomic E-state index is 0.417. The molecule has 4 nitrogen and oxygen atoms in total. The van der Waals surface area contributed by atoms with Crippen molar-refractivity contribution in [1.82, 2.24) is 19.7 Å². The zero-order chi connectivity index (χ0) is 16.4. The standard InChI is InChI=1S/C20H24N4/c1-23-14-11-19(22-23)20-9-3-2-6-13-24(20)15-16-10-12-21-18-8-5-4-7-17(16)18/h4-5,7-8,10-12,14,20H,2-3,6,9,13,15H2,1H3. The molecule has 0 amide bonds. The van der Waals surface area contributed by atoms with Crippen LogP contribution < -0.4 is 0 Å². The normalized spacial score (nSPS) is 19.5. The molecule has 1 aliphatic heterocycles. The average Bonchev–Trinajstić information content (AvgIpc) is 2.90. The Bertz CT molecular complexity index is 818.